The third kappa shape index (κ3) is 4.82. The number of nitrogens with zero attached hydrogens (tertiary/aromatic N) is 1. The van der Waals surface area contributed by atoms with Crippen molar-refractivity contribution in [3.63, 3.8) is 0 Å². The van der Waals surface area contributed by atoms with Crippen LogP contribution in [0.4, 0.5) is 8.78 Å². The van der Waals surface area contributed by atoms with Gasteiger partial charge in [-0.15, -0.1) is 0 Å². The lowest BCUT2D eigenvalue weighted by Crippen LogP contribution is -2.36. The van der Waals surface area contributed by atoms with Crippen LogP contribution in [0.3, 0.4) is 0 Å². The highest BCUT2D eigenvalue weighted by atomic mass is 19.2. The molecular weight excluding hydrogens is 442 g/mol. The average Bonchev–Trinajstić information content (AvgIpc) is 2.87. The number of rotatable bonds is 5. The van der Waals surface area contributed by atoms with Crippen molar-refractivity contribution in [1.82, 2.24) is 10.4 Å². The van der Waals surface area contributed by atoms with E-state index in [1.54, 1.807) is 46.8 Å². The van der Waals surface area contributed by atoms with Crippen LogP contribution in [0.5, 0.6) is 5.75 Å². The molecule has 0 atom stereocenters. The lowest BCUT2D eigenvalue weighted by Gasteiger charge is -2.30. The first-order chi connectivity index (χ1) is 16.4. The molecule has 1 heterocycles. The van der Waals surface area contributed by atoms with E-state index < -0.39 is 17.5 Å². The smallest absolute Gasteiger partial charge is 0.274 e. The summed E-state index contributed by atoms with van der Waals surface area (Å²) < 4.78 is 32.4. The van der Waals surface area contributed by atoms with Gasteiger partial charge >= 0.3 is 0 Å². The summed E-state index contributed by atoms with van der Waals surface area (Å²) in [5.41, 5.74) is 4.94. The zero-order valence-electron chi connectivity index (χ0n) is 18.3. The van der Waals surface area contributed by atoms with Crippen LogP contribution in [0.15, 0.2) is 60.7 Å². The normalized spacial score (nSPS) is 13.3. The van der Waals surface area contributed by atoms with E-state index in [1.807, 2.05) is 6.07 Å². The predicted molar refractivity (Wildman–Crippen MR) is 122 cm³/mol. The van der Waals surface area contributed by atoms with Gasteiger partial charge in [-0.05, 0) is 71.1 Å². The molecule has 2 amide bonds. The van der Waals surface area contributed by atoms with Gasteiger partial charge in [-0.3, -0.25) is 14.8 Å². The summed E-state index contributed by atoms with van der Waals surface area (Å²) in [4.78, 5) is 27.1. The molecule has 0 spiro atoms. The first-order valence-corrected chi connectivity index (χ1v) is 10.6. The van der Waals surface area contributed by atoms with Gasteiger partial charge in [0.2, 0.25) is 0 Å². The van der Waals surface area contributed by atoms with Crippen LogP contribution in [0, 0.1) is 11.6 Å². The van der Waals surface area contributed by atoms with Crippen molar-refractivity contribution < 1.29 is 28.3 Å². The SMILES string of the molecule is COc1ccc(C(=Cc2ccc(F)c(F)c2)C(=O)N2CCc3ccc(C(=O)NO)cc3C2)cc1. The Hall–Kier alpha value is -4.04. The summed E-state index contributed by atoms with van der Waals surface area (Å²) in [5, 5.41) is 8.91. The standard InChI is InChI=1S/C26H22F2N2O4/c1-34-21-7-5-18(6-8-21)22(12-16-2-9-23(27)24(28)13-16)26(32)30-11-10-17-3-4-19(25(31)29-33)14-20(17)15-30/h2-9,12-14,33H,10-11,15H2,1H3,(H,29,31). The zero-order valence-corrected chi connectivity index (χ0v) is 18.3. The first kappa shape index (κ1) is 23.1. The highest BCUT2D eigenvalue weighted by Crippen LogP contribution is 2.28. The largest absolute Gasteiger partial charge is 0.497 e. The first-order valence-electron chi connectivity index (χ1n) is 10.6. The summed E-state index contributed by atoms with van der Waals surface area (Å²) in [6, 6.07) is 15.4. The Morgan fingerprint density at radius 3 is 2.38 bits per heavy atom. The molecule has 1 aliphatic heterocycles. The number of methoxy groups -OCH3 is 1. The van der Waals surface area contributed by atoms with E-state index in [2.05, 4.69) is 0 Å². The molecule has 6 nitrogen and oxygen atoms in total. The minimum Gasteiger partial charge on any atom is -0.497 e. The Balaban J connectivity index is 1.70. The van der Waals surface area contributed by atoms with E-state index in [4.69, 9.17) is 9.94 Å². The Morgan fingerprint density at radius 1 is 0.971 bits per heavy atom. The van der Waals surface area contributed by atoms with Gasteiger partial charge in [-0.25, -0.2) is 14.3 Å². The molecule has 0 bridgehead atoms. The Kier molecular flexibility index (Phi) is 6.70. The van der Waals surface area contributed by atoms with Crippen LogP contribution in [0.1, 0.15) is 32.6 Å². The third-order valence-corrected chi connectivity index (χ3v) is 5.76. The van der Waals surface area contributed by atoms with E-state index in [0.717, 1.165) is 23.3 Å². The summed E-state index contributed by atoms with van der Waals surface area (Å²) in [6.45, 7) is 0.703. The van der Waals surface area contributed by atoms with E-state index >= 15 is 0 Å². The van der Waals surface area contributed by atoms with Crippen LogP contribution >= 0.6 is 0 Å². The molecule has 2 N–H and O–H groups in total. The van der Waals surface area contributed by atoms with E-state index in [9.17, 15) is 18.4 Å². The van der Waals surface area contributed by atoms with Crippen LogP contribution in [-0.4, -0.2) is 35.6 Å². The van der Waals surface area contributed by atoms with Gasteiger partial charge in [0.05, 0.1) is 7.11 Å². The summed E-state index contributed by atoms with van der Waals surface area (Å²) in [5.74, 6) is -2.28. The average molecular weight is 464 g/mol. The number of halogens is 2. The van der Waals surface area contributed by atoms with E-state index in [-0.39, 0.29) is 18.0 Å². The number of carbonyl (C=O) groups is 2. The molecule has 1 aliphatic rings. The zero-order chi connectivity index (χ0) is 24.2. The van der Waals surface area contributed by atoms with Crippen molar-refractivity contribution in [3.8, 4) is 5.75 Å². The van der Waals surface area contributed by atoms with Crippen LogP contribution in [0.25, 0.3) is 11.6 Å². The van der Waals surface area contributed by atoms with Gasteiger partial charge in [0.25, 0.3) is 11.8 Å². The maximum Gasteiger partial charge on any atom is 0.274 e. The molecule has 4 rings (SSSR count). The Bertz CT molecular complexity index is 1270. The third-order valence-electron chi connectivity index (χ3n) is 5.76. The number of hydroxylamine groups is 1. The molecule has 0 saturated carbocycles. The molecule has 0 unspecified atom stereocenters. The van der Waals surface area contributed by atoms with Crippen molar-refractivity contribution in [2.75, 3.05) is 13.7 Å². The molecule has 34 heavy (non-hydrogen) atoms. The fourth-order valence-corrected chi connectivity index (χ4v) is 3.91. The molecule has 3 aromatic carbocycles. The molecular formula is C26H22F2N2O4. The molecule has 0 radical (unpaired) electrons. The van der Waals surface area contributed by atoms with Gasteiger partial charge in [0.1, 0.15) is 5.75 Å². The maximum atomic E-state index is 13.8. The summed E-state index contributed by atoms with van der Waals surface area (Å²) in [6.07, 6.45) is 2.11. The fraction of sp³-hybridized carbons (Fsp3) is 0.154. The second kappa shape index (κ2) is 9.84. The second-order valence-electron chi connectivity index (χ2n) is 7.86. The number of carbonyl (C=O) groups excluding carboxylic acids is 2. The van der Waals surface area contributed by atoms with Crippen LogP contribution in [0.2, 0.25) is 0 Å². The number of nitrogens with one attached hydrogen (secondary N) is 1. The summed E-state index contributed by atoms with van der Waals surface area (Å²) in [7, 11) is 1.54. The minimum absolute atomic E-state index is 0.256. The number of hydrogen-bond donors (Lipinski definition) is 2. The second-order valence-corrected chi connectivity index (χ2v) is 7.86. The quantitative estimate of drug-likeness (QED) is 0.257. The number of fused-ring (bicyclic) bond motifs is 1. The van der Waals surface area contributed by atoms with Gasteiger partial charge < -0.3 is 9.64 Å². The highest BCUT2D eigenvalue weighted by Gasteiger charge is 2.25. The van der Waals surface area contributed by atoms with E-state index in [0.29, 0.717) is 35.4 Å². The molecule has 0 aromatic heterocycles. The van der Waals surface area contributed by atoms with Gasteiger partial charge in [-0.2, -0.15) is 0 Å². The molecule has 0 saturated heterocycles. The van der Waals surface area contributed by atoms with E-state index in [1.165, 1.54) is 19.3 Å². The monoisotopic (exact) mass is 464 g/mol. The molecule has 174 valence electrons. The summed E-state index contributed by atoms with van der Waals surface area (Å²) >= 11 is 0. The highest BCUT2D eigenvalue weighted by molar-refractivity contribution is 6.24. The minimum atomic E-state index is -1.00. The number of hydrogen-bond acceptors (Lipinski definition) is 4. The lowest BCUT2D eigenvalue weighted by atomic mass is 9.95. The topological polar surface area (TPSA) is 78.9 Å². The Labute approximate surface area is 195 Å². The van der Waals surface area contributed by atoms with Gasteiger partial charge in [0, 0.05) is 24.2 Å². The number of benzene rings is 3. The lowest BCUT2D eigenvalue weighted by molar-refractivity contribution is -0.125. The Morgan fingerprint density at radius 2 is 1.71 bits per heavy atom. The van der Waals surface area contributed by atoms with Crippen molar-refractivity contribution >= 4 is 23.5 Å². The maximum absolute atomic E-state index is 13.8. The van der Waals surface area contributed by atoms with Crippen molar-refractivity contribution in [3.05, 3.63) is 100 Å². The number of ether oxygens (including phenoxy) is 1. The van der Waals surface area contributed by atoms with Gasteiger partial charge in [0.15, 0.2) is 11.6 Å². The molecule has 8 heteroatoms. The molecule has 0 aliphatic carbocycles. The van der Waals surface area contributed by atoms with Gasteiger partial charge in [-0.1, -0.05) is 24.3 Å². The van der Waals surface area contributed by atoms with Crippen molar-refractivity contribution in [2.45, 2.75) is 13.0 Å². The molecule has 0 fully saturated rings. The van der Waals surface area contributed by atoms with Crippen molar-refractivity contribution in [2.24, 2.45) is 0 Å². The van der Waals surface area contributed by atoms with Crippen LogP contribution in [-0.2, 0) is 17.8 Å². The van der Waals surface area contributed by atoms with Crippen LogP contribution < -0.4 is 10.2 Å². The number of amides is 2. The molecule has 3 aromatic rings. The predicted octanol–water partition coefficient (Wildman–Crippen LogP) is 4.22. The van der Waals surface area contributed by atoms with Crippen molar-refractivity contribution in [1.29, 1.82) is 0 Å². The fourth-order valence-electron chi connectivity index (χ4n) is 3.91.